The highest BCUT2D eigenvalue weighted by Crippen LogP contribution is 2.41. The predicted molar refractivity (Wildman–Crippen MR) is 138 cm³/mol. The first kappa shape index (κ1) is 27.9. The Labute approximate surface area is 219 Å². The molecule has 38 heavy (non-hydrogen) atoms. The summed E-state index contributed by atoms with van der Waals surface area (Å²) in [6.07, 6.45) is 0.188. The Bertz CT molecular complexity index is 1270. The zero-order valence-electron chi connectivity index (χ0n) is 21.5. The van der Waals surface area contributed by atoms with E-state index in [9.17, 15) is 24.5 Å². The van der Waals surface area contributed by atoms with Gasteiger partial charge in [0.25, 0.3) is 5.69 Å². The third-order valence-electron chi connectivity index (χ3n) is 5.56. The highest BCUT2D eigenvalue weighted by atomic mass is 16.6. The second-order valence-corrected chi connectivity index (χ2v) is 8.56. The van der Waals surface area contributed by atoms with Crippen LogP contribution in [0.2, 0.25) is 0 Å². The number of hydrogen-bond donors (Lipinski definition) is 1. The van der Waals surface area contributed by atoms with Gasteiger partial charge in [-0.3, -0.25) is 15.4 Å². The molecule has 200 valence electrons. The molecule has 1 amide bonds. The number of hydrogen-bond acceptors (Lipinski definition) is 9. The fraction of sp³-hybridized carbons (Fsp3) is 0.296. The number of esters is 2. The molecule has 0 bridgehead atoms. The van der Waals surface area contributed by atoms with Crippen molar-refractivity contribution in [2.75, 3.05) is 18.7 Å². The molecule has 0 saturated heterocycles. The number of carbonyl (C=O) groups excluding carboxylic acids is 3. The molecule has 0 saturated carbocycles. The summed E-state index contributed by atoms with van der Waals surface area (Å²) in [5.74, 6) is -2.47. The van der Waals surface area contributed by atoms with Gasteiger partial charge in [-0.05, 0) is 45.4 Å². The molecule has 1 heterocycles. The van der Waals surface area contributed by atoms with Crippen molar-refractivity contribution >= 4 is 29.4 Å². The first-order valence-corrected chi connectivity index (χ1v) is 11.9. The van der Waals surface area contributed by atoms with Gasteiger partial charge in [-0.2, -0.15) is 0 Å². The molecule has 0 radical (unpaired) electrons. The SMILES string of the molecule is CCOC(=O)C1=CN(COC(=O)Nc2ccccc2)C(C)=C(C(=O)OC(C)C)C1c1cccc([N+](=O)[O-])c1. The summed E-state index contributed by atoms with van der Waals surface area (Å²) in [5.41, 5.74) is 1.09. The monoisotopic (exact) mass is 523 g/mol. The van der Waals surface area contributed by atoms with Crippen LogP contribution in [-0.2, 0) is 23.8 Å². The van der Waals surface area contributed by atoms with Crippen molar-refractivity contribution in [2.45, 2.75) is 39.7 Å². The van der Waals surface area contributed by atoms with E-state index < -0.39 is 35.0 Å². The van der Waals surface area contributed by atoms with Gasteiger partial charge < -0.3 is 19.1 Å². The third kappa shape index (κ3) is 6.75. The average Bonchev–Trinajstić information content (AvgIpc) is 2.87. The summed E-state index contributed by atoms with van der Waals surface area (Å²) >= 11 is 0. The van der Waals surface area contributed by atoms with E-state index in [1.165, 1.54) is 29.3 Å². The molecule has 1 aliphatic rings. The summed E-state index contributed by atoms with van der Waals surface area (Å²) in [4.78, 5) is 51.1. The van der Waals surface area contributed by atoms with Crippen LogP contribution >= 0.6 is 0 Å². The molecule has 0 spiro atoms. The van der Waals surface area contributed by atoms with Gasteiger partial charge in [-0.15, -0.1) is 0 Å². The number of para-hydroxylation sites is 1. The van der Waals surface area contributed by atoms with E-state index in [0.717, 1.165) is 0 Å². The highest BCUT2D eigenvalue weighted by molar-refractivity contribution is 5.99. The van der Waals surface area contributed by atoms with E-state index in [0.29, 0.717) is 16.9 Å². The van der Waals surface area contributed by atoms with Gasteiger partial charge in [0.15, 0.2) is 6.73 Å². The molecule has 1 aliphatic heterocycles. The van der Waals surface area contributed by atoms with Crippen molar-refractivity contribution < 1.29 is 33.5 Å². The number of nitrogens with zero attached hydrogens (tertiary/aromatic N) is 2. The molecule has 2 aromatic rings. The number of nitro groups is 1. The van der Waals surface area contributed by atoms with E-state index in [1.54, 1.807) is 64.1 Å². The number of ether oxygens (including phenoxy) is 3. The van der Waals surface area contributed by atoms with Gasteiger partial charge in [-0.25, -0.2) is 14.4 Å². The van der Waals surface area contributed by atoms with Gasteiger partial charge in [0.05, 0.1) is 34.7 Å². The van der Waals surface area contributed by atoms with E-state index in [-0.39, 0.29) is 30.2 Å². The minimum atomic E-state index is -1.02. The number of allylic oxidation sites excluding steroid dienone is 1. The quantitative estimate of drug-likeness (QED) is 0.211. The zero-order valence-corrected chi connectivity index (χ0v) is 21.5. The lowest BCUT2D eigenvalue weighted by Gasteiger charge is -2.34. The van der Waals surface area contributed by atoms with Crippen molar-refractivity contribution in [1.82, 2.24) is 4.90 Å². The number of anilines is 1. The predicted octanol–water partition coefficient (Wildman–Crippen LogP) is 4.87. The normalized spacial score (nSPS) is 15.0. The Morgan fingerprint density at radius 2 is 1.76 bits per heavy atom. The molecule has 1 unspecified atom stereocenters. The van der Waals surface area contributed by atoms with Crippen molar-refractivity contribution in [3.8, 4) is 0 Å². The second-order valence-electron chi connectivity index (χ2n) is 8.56. The lowest BCUT2D eigenvalue weighted by Crippen LogP contribution is -2.35. The Morgan fingerprint density at radius 3 is 2.39 bits per heavy atom. The van der Waals surface area contributed by atoms with E-state index >= 15 is 0 Å². The number of nitrogens with one attached hydrogen (secondary N) is 1. The first-order chi connectivity index (χ1) is 18.1. The second kappa shape index (κ2) is 12.5. The van der Waals surface area contributed by atoms with Crippen molar-refractivity contribution in [3.05, 3.63) is 93.3 Å². The van der Waals surface area contributed by atoms with Crippen LogP contribution in [0.3, 0.4) is 0 Å². The molecule has 1 atom stereocenters. The standard InChI is InChI=1S/C27H29N3O8/c1-5-36-25(31)22-15-29(16-37-27(33)28-20-11-7-6-8-12-20)18(4)23(26(32)38-17(2)3)24(22)19-10-9-13-21(14-19)30(34)35/h6-15,17,24H,5,16H2,1-4H3,(H,28,33). The maximum absolute atomic E-state index is 13.3. The molecule has 11 heteroatoms. The number of nitro benzene ring substituents is 1. The summed E-state index contributed by atoms with van der Waals surface area (Å²) in [5, 5.41) is 14.0. The molecule has 2 aromatic carbocycles. The van der Waals surface area contributed by atoms with Crippen molar-refractivity contribution in [1.29, 1.82) is 0 Å². The minimum absolute atomic E-state index is 0.0284. The van der Waals surface area contributed by atoms with Gasteiger partial charge in [-0.1, -0.05) is 30.3 Å². The van der Waals surface area contributed by atoms with Gasteiger partial charge in [0, 0.05) is 29.7 Å². The maximum atomic E-state index is 13.3. The smallest absolute Gasteiger partial charge is 0.413 e. The summed E-state index contributed by atoms with van der Waals surface area (Å²) < 4.78 is 16.1. The van der Waals surface area contributed by atoms with Crippen LogP contribution in [0, 0.1) is 10.1 Å². The summed E-state index contributed by atoms with van der Waals surface area (Å²) in [7, 11) is 0. The number of non-ortho nitro benzene ring substituents is 1. The van der Waals surface area contributed by atoms with Gasteiger partial charge in [0.1, 0.15) is 0 Å². The molecular formula is C27H29N3O8. The van der Waals surface area contributed by atoms with Crippen LogP contribution in [0.1, 0.15) is 39.2 Å². The van der Waals surface area contributed by atoms with Crippen LogP contribution in [0.5, 0.6) is 0 Å². The van der Waals surface area contributed by atoms with Gasteiger partial charge in [0.2, 0.25) is 0 Å². The van der Waals surface area contributed by atoms with E-state index in [2.05, 4.69) is 5.32 Å². The first-order valence-electron chi connectivity index (χ1n) is 11.9. The number of rotatable bonds is 9. The van der Waals surface area contributed by atoms with Crippen LogP contribution in [0.25, 0.3) is 0 Å². The Morgan fingerprint density at radius 1 is 1.05 bits per heavy atom. The topological polar surface area (TPSA) is 137 Å². The number of benzene rings is 2. The van der Waals surface area contributed by atoms with Crippen LogP contribution in [0.4, 0.5) is 16.2 Å². The maximum Gasteiger partial charge on any atom is 0.413 e. The molecule has 0 aromatic heterocycles. The molecule has 0 aliphatic carbocycles. The average molecular weight is 524 g/mol. The molecule has 3 rings (SSSR count). The van der Waals surface area contributed by atoms with Crippen LogP contribution < -0.4 is 5.32 Å². The van der Waals surface area contributed by atoms with E-state index in [4.69, 9.17) is 14.2 Å². The number of carbonyl (C=O) groups is 3. The van der Waals surface area contributed by atoms with E-state index in [1.807, 2.05) is 0 Å². The van der Waals surface area contributed by atoms with Gasteiger partial charge >= 0.3 is 18.0 Å². The highest BCUT2D eigenvalue weighted by Gasteiger charge is 2.39. The summed E-state index contributed by atoms with van der Waals surface area (Å²) in [6, 6.07) is 14.4. The number of amides is 1. The van der Waals surface area contributed by atoms with Crippen LogP contribution in [-0.4, -0.2) is 47.3 Å². The van der Waals surface area contributed by atoms with Crippen molar-refractivity contribution in [3.63, 3.8) is 0 Å². The fourth-order valence-corrected chi connectivity index (χ4v) is 3.89. The molecule has 0 fully saturated rings. The lowest BCUT2D eigenvalue weighted by molar-refractivity contribution is -0.384. The third-order valence-corrected chi connectivity index (χ3v) is 5.56. The Hall–Kier alpha value is -4.67. The molecule has 1 N–H and O–H groups in total. The Kier molecular flexibility index (Phi) is 9.20. The molecular weight excluding hydrogens is 494 g/mol. The fourth-order valence-electron chi connectivity index (χ4n) is 3.89. The minimum Gasteiger partial charge on any atom is -0.463 e. The largest absolute Gasteiger partial charge is 0.463 e. The summed E-state index contributed by atoms with van der Waals surface area (Å²) in [6.45, 7) is 6.31. The van der Waals surface area contributed by atoms with Crippen LogP contribution in [0.15, 0.2) is 77.6 Å². The zero-order chi connectivity index (χ0) is 27.8. The Balaban J connectivity index is 2.03. The molecule has 11 nitrogen and oxygen atoms in total. The lowest BCUT2D eigenvalue weighted by atomic mass is 9.81. The van der Waals surface area contributed by atoms with Crippen molar-refractivity contribution in [2.24, 2.45) is 0 Å².